The third-order valence-electron chi connectivity index (χ3n) is 6.20. The third-order valence-corrected chi connectivity index (χ3v) is 8.05. The summed E-state index contributed by atoms with van der Waals surface area (Å²) in [6, 6.07) is 16.0. The number of nitrogens with one attached hydrogen (secondary N) is 1. The van der Waals surface area contributed by atoms with Crippen LogP contribution in [0.3, 0.4) is 0 Å². The number of amides is 1. The predicted octanol–water partition coefficient (Wildman–Crippen LogP) is 3.21. The molecule has 1 amide bonds. The summed E-state index contributed by atoms with van der Waals surface area (Å²) < 4.78 is 33.2. The van der Waals surface area contributed by atoms with Gasteiger partial charge in [-0.1, -0.05) is 30.3 Å². The van der Waals surface area contributed by atoms with E-state index in [9.17, 15) is 13.2 Å². The molecular weight excluding hydrogens is 452 g/mol. The molecule has 1 aromatic heterocycles. The molecule has 0 bridgehead atoms. The van der Waals surface area contributed by atoms with E-state index in [-0.39, 0.29) is 18.2 Å². The number of carbonyl (C=O) groups excluding carboxylic acids is 1. The molecule has 1 fully saturated rings. The lowest BCUT2D eigenvalue weighted by Gasteiger charge is -2.30. The molecule has 180 valence electrons. The van der Waals surface area contributed by atoms with Gasteiger partial charge in [0.2, 0.25) is 15.9 Å². The first-order valence-corrected chi connectivity index (χ1v) is 13.0. The summed E-state index contributed by atoms with van der Waals surface area (Å²) in [6.45, 7) is 2.96. The van der Waals surface area contributed by atoms with Crippen LogP contribution in [-0.2, 0) is 21.4 Å². The molecule has 34 heavy (non-hydrogen) atoms. The van der Waals surface area contributed by atoms with Crippen LogP contribution in [0.1, 0.15) is 30.9 Å². The van der Waals surface area contributed by atoms with E-state index in [0.29, 0.717) is 25.9 Å². The molecule has 0 radical (unpaired) electrons. The molecule has 3 aromatic rings. The first-order valence-electron chi connectivity index (χ1n) is 11.4. The number of aromatic nitrogens is 1. The number of sulfonamides is 1. The van der Waals surface area contributed by atoms with Crippen molar-refractivity contribution in [3.63, 3.8) is 0 Å². The Morgan fingerprint density at radius 3 is 2.85 bits per heavy atom. The lowest BCUT2D eigenvalue weighted by Crippen LogP contribution is -2.45. The van der Waals surface area contributed by atoms with Crippen molar-refractivity contribution in [2.45, 2.75) is 26.3 Å². The molecule has 9 heteroatoms. The maximum Gasteiger partial charge on any atom is 0.244 e. The van der Waals surface area contributed by atoms with Crippen molar-refractivity contribution in [3.05, 3.63) is 65.9 Å². The molecule has 2 aromatic carbocycles. The van der Waals surface area contributed by atoms with Gasteiger partial charge in [0.25, 0.3) is 0 Å². The van der Waals surface area contributed by atoms with Crippen molar-refractivity contribution in [3.8, 4) is 5.75 Å². The van der Waals surface area contributed by atoms with Crippen LogP contribution in [-0.4, -0.2) is 55.4 Å². The number of benzene rings is 2. The van der Waals surface area contributed by atoms with Gasteiger partial charge in [0.1, 0.15) is 5.75 Å². The fourth-order valence-electron chi connectivity index (χ4n) is 4.32. The van der Waals surface area contributed by atoms with Gasteiger partial charge < -0.3 is 9.30 Å². The van der Waals surface area contributed by atoms with Gasteiger partial charge in [-0.05, 0) is 43.5 Å². The van der Waals surface area contributed by atoms with Gasteiger partial charge in [-0.25, -0.2) is 18.1 Å². The monoisotopic (exact) mass is 482 g/mol. The molecule has 0 aliphatic carbocycles. The van der Waals surface area contributed by atoms with Gasteiger partial charge in [-0.3, -0.25) is 4.79 Å². The van der Waals surface area contributed by atoms with Gasteiger partial charge >= 0.3 is 0 Å². The number of methoxy groups -OCH3 is 1. The van der Waals surface area contributed by atoms with Crippen LogP contribution in [0, 0.1) is 5.92 Å². The SMILES string of the molecule is CCS(=O)(=O)N1CCC[C@@H](C(=O)N/N=C\c2cn(Cc3cccc(OC)c3)c3ccccc23)C1. The van der Waals surface area contributed by atoms with Crippen LogP contribution < -0.4 is 10.2 Å². The summed E-state index contributed by atoms with van der Waals surface area (Å²) in [4.78, 5) is 12.7. The van der Waals surface area contributed by atoms with Crippen LogP contribution in [0.4, 0.5) is 0 Å². The zero-order chi connectivity index (χ0) is 24.1. The second kappa shape index (κ2) is 10.4. The highest BCUT2D eigenvalue weighted by Gasteiger charge is 2.31. The van der Waals surface area contributed by atoms with Crippen LogP contribution in [0.2, 0.25) is 0 Å². The summed E-state index contributed by atoms with van der Waals surface area (Å²) in [5.74, 6) is 0.194. The van der Waals surface area contributed by atoms with E-state index in [1.54, 1.807) is 20.2 Å². The molecule has 8 nitrogen and oxygen atoms in total. The van der Waals surface area contributed by atoms with Crippen LogP contribution in [0.5, 0.6) is 5.75 Å². The topological polar surface area (TPSA) is 93.0 Å². The van der Waals surface area contributed by atoms with Crippen LogP contribution in [0.15, 0.2) is 59.8 Å². The van der Waals surface area contributed by atoms with Crippen molar-refractivity contribution >= 4 is 33.0 Å². The van der Waals surface area contributed by atoms with Gasteiger partial charge in [0.05, 0.1) is 25.0 Å². The normalized spacial score (nSPS) is 17.3. The summed E-state index contributed by atoms with van der Waals surface area (Å²) in [5, 5.41) is 5.23. The molecular formula is C25H30N4O4S. The molecule has 0 saturated carbocycles. The Morgan fingerprint density at radius 1 is 1.24 bits per heavy atom. The standard InChI is InChI=1S/C25H30N4O4S/c1-3-34(31,32)29-13-7-9-20(18-29)25(30)27-26-15-21-17-28(24-12-5-4-11-23(21)24)16-19-8-6-10-22(14-19)33-2/h4-6,8,10-12,14-15,17,20H,3,7,9,13,16,18H2,1-2H3,(H,27,30)/b26-15-/t20-/m1/s1. The molecule has 1 saturated heterocycles. The number of hydrogen-bond donors (Lipinski definition) is 1. The smallest absolute Gasteiger partial charge is 0.244 e. The predicted molar refractivity (Wildman–Crippen MR) is 134 cm³/mol. The van der Waals surface area contributed by atoms with Crippen molar-refractivity contribution in [2.24, 2.45) is 11.0 Å². The minimum absolute atomic E-state index is 0.0410. The number of para-hydroxylation sites is 1. The van der Waals surface area contributed by atoms with E-state index in [2.05, 4.69) is 27.2 Å². The highest BCUT2D eigenvalue weighted by atomic mass is 32.2. The van der Waals surface area contributed by atoms with E-state index in [1.807, 2.05) is 42.6 Å². The Bertz CT molecular complexity index is 1300. The molecule has 1 aliphatic rings. The minimum Gasteiger partial charge on any atom is -0.497 e. The summed E-state index contributed by atoms with van der Waals surface area (Å²) in [7, 11) is -1.65. The Kier molecular flexibility index (Phi) is 7.33. The van der Waals surface area contributed by atoms with Gasteiger partial charge in [-0.2, -0.15) is 5.10 Å². The first kappa shape index (κ1) is 24.0. The number of ether oxygens (including phenoxy) is 1. The van der Waals surface area contributed by atoms with Crippen molar-refractivity contribution < 1.29 is 17.9 Å². The number of hydrogen-bond acceptors (Lipinski definition) is 5. The Labute approximate surface area is 200 Å². The summed E-state index contributed by atoms with van der Waals surface area (Å²) in [5.41, 5.74) is 5.67. The van der Waals surface area contributed by atoms with E-state index < -0.39 is 15.9 Å². The summed E-state index contributed by atoms with van der Waals surface area (Å²) in [6.07, 6.45) is 4.97. The quantitative estimate of drug-likeness (QED) is 0.394. The Morgan fingerprint density at radius 2 is 2.06 bits per heavy atom. The van der Waals surface area contributed by atoms with Gasteiger partial charge in [-0.15, -0.1) is 0 Å². The molecule has 1 aliphatic heterocycles. The number of fused-ring (bicyclic) bond motifs is 1. The third kappa shape index (κ3) is 5.31. The molecule has 4 rings (SSSR count). The first-order chi connectivity index (χ1) is 16.4. The zero-order valence-corrected chi connectivity index (χ0v) is 20.3. The average molecular weight is 483 g/mol. The largest absolute Gasteiger partial charge is 0.497 e. The Hall–Kier alpha value is -3.17. The molecule has 1 N–H and O–H groups in total. The van der Waals surface area contributed by atoms with Crippen LogP contribution >= 0.6 is 0 Å². The van der Waals surface area contributed by atoms with E-state index >= 15 is 0 Å². The molecule has 1 atom stereocenters. The minimum atomic E-state index is -3.30. The van der Waals surface area contributed by atoms with E-state index in [0.717, 1.165) is 27.8 Å². The second-order valence-electron chi connectivity index (χ2n) is 8.41. The van der Waals surface area contributed by atoms with Crippen molar-refractivity contribution in [2.75, 3.05) is 26.0 Å². The van der Waals surface area contributed by atoms with Crippen molar-refractivity contribution in [1.29, 1.82) is 0 Å². The fourth-order valence-corrected chi connectivity index (χ4v) is 5.50. The van der Waals surface area contributed by atoms with Crippen LogP contribution in [0.25, 0.3) is 10.9 Å². The number of hydrazone groups is 1. The van der Waals surface area contributed by atoms with Crippen molar-refractivity contribution in [1.82, 2.24) is 14.3 Å². The maximum atomic E-state index is 12.7. The lowest BCUT2D eigenvalue weighted by molar-refractivity contribution is -0.126. The second-order valence-corrected chi connectivity index (χ2v) is 10.7. The fraction of sp³-hybridized carbons (Fsp3) is 0.360. The van der Waals surface area contributed by atoms with Gasteiger partial charge in [0.15, 0.2) is 0 Å². The number of rotatable bonds is 8. The highest BCUT2D eigenvalue weighted by molar-refractivity contribution is 7.89. The zero-order valence-electron chi connectivity index (χ0n) is 19.5. The molecule has 0 spiro atoms. The van der Waals surface area contributed by atoms with Gasteiger partial charge in [0, 0.05) is 42.3 Å². The number of nitrogens with zero attached hydrogens (tertiary/aromatic N) is 3. The number of piperidine rings is 1. The lowest BCUT2D eigenvalue weighted by atomic mass is 9.99. The summed E-state index contributed by atoms with van der Waals surface area (Å²) >= 11 is 0. The molecule has 2 heterocycles. The van der Waals surface area contributed by atoms with E-state index in [4.69, 9.17) is 4.74 Å². The maximum absolute atomic E-state index is 12.7. The Balaban J connectivity index is 1.48. The molecule has 0 unspecified atom stereocenters. The average Bonchev–Trinajstić information content (AvgIpc) is 3.21. The highest BCUT2D eigenvalue weighted by Crippen LogP contribution is 2.23. The van der Waals surface area contributed by atoms with E-state index in [1.165, 1.54) is 4.31 Å². The number of carbonyl (C=O) groups is 1.